The van der Waals surface area contributed by atoms with Gasteiger partial charge < -0.3 is 9.15 Å². The van der Waals surface area contributed by atoms with Gasteiger partial charge in [0.15, 0.2) is 0 Å². The number of hydrogen-bond acceptors (Lipinski definition) is 5. The molecule has 4 heterocycles. The first kappa shape index (κ1) is 15.8. The van der Waals surface area contributed by atoms with Crippen molar-refractivity contribution < 1.29 is 9.15 Å². The third kappa shape index (κ3) is 3.53. The van der Waals surface area contributed by atoms with Crippen molar-refractivity contribution in [2.24, 2.45) is 0 Å². The number of aromatic nitrogens is 1. The zero-order valence-electron chi connectivity index (χ0n) is 14.0. The highest BCUT2D eigenvalue weighted by molar-refractivity contribution is 5.13. The Balaban J connectivity index is 1.52. The van der Waals surface area contributed by atoms with Crippen molar-refractivity contribution in [1.82, 2.24) is 14.8 Å². The van der Waals surface area contributed by atoms with Crippen LogP contribution in [0.5, 0.6) is 0 Å². The second kappa shape index (κ2) is 7.47. The molecule has 5 nitrogen and oxygen atoms in total. The molecule has 24 heavy (non-hydrogen) atoms. The van der Waals surface area contributed by atoms with Crippen molar-refractivity contribution in [2.45, 2.75) is 31.5 Å². The quantitative estimate of drug-likeness (QED) is 0.842. The van der Waals surface area contributed by atoms with Gasteiger partial charge in [-0.15, -0.1) is 0 Å². The van der Waals surface area contributed by atoms with E-state index in [1.165, 1.54) is 12.0 Å². The van der Waals surface area contributed by atoms with E-state index < -0.39 is 0 Å². The highest BCUT2D eigenvalue weighted by atomic mass is 16.5. The van der Waals surface area contributed by atoms with Crippen LogP contribution in [-0.2, 0) is 17.7 Å². The fourth-order valence-corrected chi connectivity index (χ4v) is 4.06. The second-order valence-electron chi connectivity index (χ2n) is 6.69. The van der Waals surface area contributed by atoms with Crippen molar-refractivity contribution >= 4 is 0 Å². The van der Waals surface area contributed by atoms with Crippen LogP contribution in [0.15, 0.2) is 47.3 Å². The minimum Gasteiger partial charge on any atom is -0.468 e. The summed E-state index contributed by atoms with van der Waals surface area (Å²) in [5.74, 6) is 1.05. The second-order valence-corrected chi connectivity index (χ2v) is 6.69. The summed E-state index contributed by atoms with van der Waals surface area (Å²) in [4.78, 5) is 9.49. The van der Waals surface area contributed by atoms with Crippen molar-refractivity contribution in [1.29, 1.82) is 0 Å². The highest BCUT2D eigenvalue weighted by Crippen LogP contribution is 2.28. The maximum Gasteiger partial charge on any atom is 0.117 e. The molecule has 0 bridgehead atoms. The topological polar surface area (TPSA) is 41.7 Å². The van der Waals surface area contributed by atoms with Gasteiger partial charge in [-0.1, -0.05) is 6.07 Å². The van der Waals surface area contributed by atoms with Crippen molar-refractivity contribution in [2.75, 3.05) is 32.8 Å². The molecule has 2 aliphatic heterocycles. The molecule has 0 amide bonds. The van der Waals surface area contributed by atoms with Gasteiger partial charge in [-0.2, -0.15) is 0 Å². The SMILES string of the molecule is c1cncc(C[C@@H]2[C@@H](N3CCOCC3)CCN2Cc2ccco2)c1. The molecule has 2 atom stereocenters. The lowest BCUT2D eigenvalue weighted by atomic mass is 9.99. The minimum atomic E-state index is 0.498. The molecule has 0 unspecified atom stereocenters. The summed E-state index contributed by atoms with van der Waals surface area (Å²) in [6, 6.07) is 9.35. The largest absolute Gasteiger partial charge is 0.468 e. The van der Waals surface area contributed by atoms with Gasteiger partial charge in [0.1, 0.15) is 5.76 Å². The maximum absolute atomic E-state index is 5.59. The molecular weight excluding hydrogens is 302 g/mol. The van der Waals surface area contributed by atoms with Gasteiger partial charge in [0, 0.05) is 44.1 Å². The molecular formula is C19H25N3O2. The lowest BCUT2D eigenvalue weighted by molar-refractivity contribution is 0.00755. The van der Waals surface area contributed by atoms with Gasteiger partial charge in [0.25, 0.3) is 0 Å². The smallest absolute Gasteiger partial charge is 0.117 e. The predicted molar refractivity (Wildman–Crippen MR) is 91.6 cm³/mol. The van der Waals surface area contributed by atoms with E-state index in [1.807, 2.05) is 24.5 Å². The number of rotatable bonds is 5. The molecule has 0 aliphatic carbocycles. The zero-order valence-corrected chi connectivity index (χ0v) is 14.0. The number of nitrogens with zero attached hydrogens (tertiary/aromatic N) is 3. The van der Waals surface area contributed by atoms with Gasteiger partial charge in [0.05, 0.1) is 26.0 Å². The summed E-state index contributed by atoms with van der Waals surface area (Å²) in [5, 5.41) is 0. The first-order valence-corrected chi connectivity index (χ1v) is 8.87. The van der Waals surface area contributed by atoms with E-state index in [2.05, 4.69) is 26.9 Å². The van der Waals surface area contributed by atoms with Gasteiger partial charge in [-0.25, -0.2) is 0 Å². The Hall–Kier alpha value is -1.69. The molecule has 2 saturated heterocycles. The first-order valence-electron chi connectivity index (χ1n) is 8.87. The third-order valence-electron chi connectivity index (χ3n) is 5.25. The fraction of sp³-hybridized carbons (Fsp3) is 0.526. The number of pyridine rings is 1. The van der Waals surface area contributed by atoms with E-state index in [0.717, 1.165) is 51.6 Å². The monoisotopic (exact) mass is 327 g/mol. The van der Waals surface area contributed by atoms with Gasteiger partial charge in [-0.05, 0) is 36.6 Å². The Morgan fingerprint density at radius 3 is 2.79 bits per heavy atom. The van der Waals surface area contributed by atoms with Crippen molar-refractivity contribution in [3.63, 3.8) is 0 Å². The number of morpholine rings is 1. The molecule has 0 aromatic carbocycles. The molecule has 128 valence electrons. The van der Waals surface area contributed by atoms with E-state index in [0.29, 0.717) is 12.1 Å². The summed E-state index contributed by atoms with van der Waals surface area (Å²) in [7, 11) is 0. The lowest BCUT2D eigenvalue weighted by Gasteiger charge is -2.37. The molecule has 0 N–H and O–H groups in total. The van der Waals surface area contributed by atoms with Gasteiger partial charge >= 0.3 is 0 Å². The Kier molecular flexibility index (Phi) is 4.92. The maximum atomic E-state index is 5.59. The Morgan fingerprint density at radius 2 is 2.04 bits per heavy atom. The summed E-state index contributed by atoms with van der Waals surface area (Å²) in [6.45, 7) is 5.81. The average molecular weight is 327 g/mol. The molecule has 0 radical (unpaired) electrons. The molecule has 5 heteroatoms. The Bertz CT molecular complexity index is 611. The Labute approximate surface area is 143 Å². The first-order chi connectivity index (χ1) is 11.9. The fourth-order valence-electron chi connectivity index (χ4n) is 4.06. The predicted octanol–water partition coefficient (Wildman–Crippen LogP) is 2.19. The van der Waals surface area contributed by atoms with Crippen LogP contribution in [0, 0.1) is 0 Å². The minimum absolute atomic E-state index is 0.498. The summed E-state index contributed by atoms with van der Waals surface area (Å²) in [5.41, 5.74) is 1.31. The number of likely N-dealkylation sites (tertiary alicyclic amines) is 1. The molecule has 4 rings (SSSR count). The summed E-state index contributed by atoms with van der Waals surface area (Å²) in [6.07, 6.45) is 7.86. The van der Waals surface area contributed by atoms with Crippen molar-refractivity contribution in [3.05, 3.63) is 54.2 Å². The van der Waals surface area contributed by atoms with Crippen molar-refractivity contribution in [3.8, 4) is 0 Å². The van der Waals surface area contributed by atoms with Gasteiger partial charge in [0.2, 0.25) is 0 Å². The van der Waals surface area contributed by atoms with E-state index in [-0.39, 0.29) is 0 Å². The van der Waals surface area contributed by atoms with Crippen LogP contribution in [-0.4, -0.2) is 59.7 Å². The van der Waals surface area contributed by atoms with Crippen LogP contribution >= 0.6 is 0 Å². The third-order valence-corrected chi connectivity index (χ3v) is 5.25. The van der Waals surface area contributed by atoms with E-state index >= 15 is 0 Å². The van der Waals surface area contributed by atoms with Crippen LogP contribution < -0.4 is 0 Å². The van der Waals surface area contributed by atoms with E-state index in [4.69, 9.17) is 9.15 Å². The number of furan rings is 1. The normalized spacial score (nSPS) is 26.0. The lowest BCUT2D eigenvalue weighted by Crippen LogP contribution is -2.50. The molecule has 0 saturated carbocycles. The van der Waals surface area contributed by atoms with E-state index in [1.54, 1.807) is 6.26 Å². The molecule has 2 aromatic rings. The number of hydrogen-bond donors (Lipinski definition) is 0. The molecule has 2 fully saturated rings. The van der Waals surface area contributed by atoms with Crippen LogP contribution in [0.4, 0.5) is 0 Å². The van der Waals surface area contributed by atoms with Crippen LogP contribution in [0.25, 0.3) is 0 Å². The summed E-state index contributed by atoms with van der Waals surface area (Å²) >= 11 is 0. The average Bonchev–Trinajstić information content (AvgIpc) is 3.28. The van der Waals surface area contributed by atoms with Crippen LogP contribution in [0.1, 0.15) is 17.7 Å². The van der Waals surface area contributed by atoms with Crippen LogP contribution in [0.2, 0.25) is 0 Å². The highest BCUT2D eigenvalue weighted by Gasteiger charge is 2.38. The Morgan fingerprint density at radius 1 is 1.12 bits per heavy atom. The zero-order chi connectivity index (χ0) is 16.2. The van der Waals surface area contributed by atoms with E-state index in [9.17, 15) is 0 Å². The van der Waals surface area contributed by atoms with Gasteiger partial charge in [-0.3, -0.25) is 14.8 Å². The molecule has 2 aliphatic rings. The van der Waals surface area contributed by atoms with Crippen LogP contribution in [0.3, 0.4) is 0 Å². The number of ether oxygens (including phenoxy) is 1. The molecule has 0 spiro atoms. The standard InChI is InChI=1S/C19H25N3O2/c1-3-16(14-20-6-1)13-19-18(21-8-11-23-12-9-21)5-7-22(19)15-17-4-2-10-24-17/h1-4,6,10,14,18-19H,5,7-9,11-13,15H2/t18-,19+/m0/s1. The molecule has 2 aromatic heterocycles. The summed E-state index contributed by atoms with van der Waals surface area (Å²) < 4.78 is 11.1.